The molecule has 1 aliphatic heterocycles. The maximum Gasteiger partial charge on any atom is 0.410 e. The highest BCUT2D eigenvalue weighted by Gasteiger charge is 2.33. The molecule has 2 atom stereocenters. The number of ether oxygens (including phenoxy) is 2. The second-order valence-corrected chi connectivity index (χ2v) is 7.80. The molecule has 2 rings (SSSR count). The summed E-state index contributed by atoms with van der Waals surface area (Å²) in [4.78, 5) is 14.0. The Morgan fingerprint density at radius 3 is 2.85 bits per heavy atom. The van der Waals surface area contributed by atoms with E-state index in [0.717, 1.165) is 12.8 Å². The number of halogens is 2. The molecule has 1 unspecified atom stereocenters. The molecule has 26 heavy (non-hydrogen) atoms. The number of hydrogen-bond donors (Lipinski definition) is 0. The Bertz CT molecular complexity index is 684. The summed E-state index contributed by atoms with van der Waals surface area (Å²) in [5, 5.41) is 8.89. The highest BCUT2D eigenvalue weighted by Crippen LogP contribution is 2.34. The minimum absolute atomic E-state index is 0.00728. The van der Waals surface area contributed by atoms with Crippen molar-refractivity contribution in [2.24, 2.45) is 5.92 Å². The number of benzene rings is 1. The molecular formula is C19H24ClFN2O3. The summed E-state index contributed by atoms with van der Waals surface area (Å²) in [5.74, 6) is -0.542. The van der Waals surface area contributed by atoms with Gasteiger partial charge in [0.05, 0.1) is 17.2 Å². The van der Waals surface area contributed by atoms with E-state index in [9.17, 15) is 9.18 Å². The van der Waals surface area contributed by atoms with Gasteiger partial charge in [-0.25, -0.2) is 9.18 Å². The fourth-order valence-electron chi connectivity index (χ4n) is 3.07. The van der Waals surface area contributed by atoms with Crippen LogP contribution in [0.5, 0.6) is 0 Å². The molecule has 0 aliphatic carbocycles. The summed E-state index contributed by atoms with van der Waals surface area (Å²) in [6, 6.07) is 6.38. The Balaban J connectivity index is 2.17. The zero-order valence-electron chi connectivity index (χ0n) is 15.3. The van der Waals surface area contributed by atoms with Gasteiger partial charge in [0.1, 0.15) is 18.0 Å². The van der Waals surface area contributed by atoms with Crippen molar-refractivity contribution in [2.75, 3.05) is 19.7 Å². The van der Waals surface area contributed by atoms with Crippen molar-refractivity contribution in [3.8, 4) is 6.07 Å². The molecule has 1 aromatic rings. The molecule has 7 heteroatoms. The van der Waals surface area contributed by atoms with Crippen molar-refractivity contribution >= 4 is 17.7 Å². The van der Waals surface area contributed by atoms with Crippen LogP contribution in [0, 0.1) is 23.1 Å². The standard InChI is InChI=1S/C19H24ClFN2O3/c1-19(2,3)26-18(24)23-9-4-5-14(12-23)17(25-10-8-22)13-6-7-16(21)15(20)11-13/h6-7,11,14,17H,4-5,9-10,12H2,1-3H3/t14?,17-/m0/s1. The third kappa shape index (κ3) is 5.58. The Morgan fingerprint density at radius 2 is 2.23 bits per heavy atom. The largest absolute Gasteiger partial charge is 0.444 e. The molecule has 1 saturated heterocycles. The van der Waals surface area contributed by atoms with Crippen LogP contribution < -0.4 is 0 Å². The smallest absolute Gasteiger partial charge is 0.410 e. The highest BCUT2D eigenvalue weighted by atomic mass is 35.5. The molecule has 0 saturated carbocycles. The lowest BCUT2D eigenvalue weighted by Crippen LogP contribution is -2.44. The van der Waals surface area contributed by atoms with E-state index < -0.39 is 17.5 Å². The van der Waals surface area contributed by atoms with Gasteiger partial charge in [0.25, 0.3) is 0 Å². The van der Waals surface area contributed by atoms with Crippen LogP contribution in [0.1, 0.15) is 45.3 Å². The molecule has 1 heterocycles. The van der Waals surface area contributed by atoms with Gasteiger partial charge in [0.2, 0.25) is 0 Å². The fraction of sp³-hybridized carbons (Fsp3) is 0.579. The normalized spacial score (nSPS) is 18.9. The summed E-state index contributed by atoms with van der Waals surface area (Å²) in [5.41, 5.74) is 0.133. The van der Waals surface area contributed by atoms with Crippen LogP contribution >= 0.6 is 11.6 Å². The molecule has 142 valence electrons. The average Bonchev–Trinajstić information content (AvgIpc) is 2.57. The van der Waals surface area contributed by atoms with Crippen LogP contribution in [0.2, 0.25) is 5.02 Å². The number of nitrogens with zero attached hydrogens (tertiary/aromatic N) is 2. The molecule has 5 nitrogen and oxygen atoms in total. The van der Waals surface area contributed by atoms with Crippen molar-refractivity contribution in [3.63, 3.8) is 0 Å². The summed E-state index contributed by atoms with van der Waals surface area (Å²) in [7, 11) is 0. The molecule has 0 spiro atoms. The first-order valence-electron chi connectivity index (χ1n) is 8.62. The summed E-state index contributed by atoms with van der Waals surface area (Å²) < 4.78 is 24.7. The maximum atomic E-state index is 13.5. The zero-order chi connectivity index (χ0) is 19.3. The predicted molar refractivity (Wildman–Crippen MR) is 96.2 cm³/mol. The Morgan fingerprint density at radius 1 is 1.50 bits per heavy atom. The van der Waals surface area contributed by atoms with Gasteiger partial charge in [-0.1, -0.05) is 17.7 Å². The lowest BCUT2D eigenvalue weighted by atomic mass is 9.88. The van der Waals surface area contributed by atoms with Crippen LogP contribution in [0.15, 0.2) is 18.2 Å². The van der Waals surface area contributed by atoms with E-state index in [1.807, 2.05) is 26.8 Å². The van der Waals surface area contributed by atoms with E-state index in [-0.39, 0.29) is 23.6 Å². The van der Waals surface area contributed by atoms with E-state index in [2.05, 4.69) is 0 Å². The first-order valence-corrected chi connectivity index (χ1v) is 9.00. The Labute approximate surface area is 158 Å². The first kappa shape index (κ1) is 20.5. The van der Waals surface area contributed by atoms with E-state index >= 15 is 0 Å². The van der Waals surface area contributed by atoms with Crippen molar-refractivity contribution in [1.29, 1.82) is 5.26 Å². The van der Waals surface area contributed by atoms with Gasteiger partial charge in [-0.2, -0.15) is 5.26 Å². The molecular weight excluding hydrogens is 359 g/mol. The minimum atomic E-state index is -0.564. The van der Waals surface area contributed by atoms with Gasteiger partial charge in [0.15, 0.2) is 0 Å². The minimum Gasteiger partial charge on any atom is -0.444 e. The van der Waals surface area contributed by atoms with E-state index in [1.165, 1.54) is 12.1 Å². The van der Waals surface area contributed by atoms with E-state index in [0.29, 0.717) is 18.7 Å². The van der Waals surface area contributed by atoms with Gasteiger partial charge in [0, 0.05) is 19.0 Å². The van der Waals surface area contributed by atoms with E-state index in [1.54, 1.807) is 11.0 Å². The number of nitriles is 1. The Kier molecular flexibility index (Phi) is 6.85. The van der Waals surface area contributed by atoms with Crippen LogP contribution in [0.4, 0.5) is 9.18 Å². The number of rotatable bonds is 4. The van der Waals surface area contributed by atoms with Crippen molar-refractivity contribution < 1.29 is 18.7 Å². The predicted octanol–water partition coefficient (Wildman–Crippen LogP) is 4.71. The maximum absolute atomic E-state index is 13.5. The fourth-order valence-corrected chi connectivity index (χ4v) is 3.26. The number of likely N-dealkylation sites (tertiary alicyclic amines) is 1. The monoisotopic (exact) mass is 382 g/mol. The molecule has 1 aliphatic rings. The van der Waals surface area contributed by atoms with Gasteiger partial charge in [-0.15, -0.1) is 0 Å². The second-order valence-electron chi connectivity index (χ2n) is 7.39. The lowest BCUT2D eigenvalue weighted by molar-refractivity contribution is -0.0165. The molecule has 0 aromatic heterocycles. The summed E-state index contributed by atoms with van der Waals surface area (Å²) in [6.45, 7) is 6.44. The average molecular weight is 383 g/mol. The third-order valence-corrected chi connectivity index (χ3v) is 4.43. The number of piperidine rings is 1. The van der Waals surface area contributed by atoms with Gasteiger partial charge in [-0.3, -0.25) is 0 Å². The van der Waals surface area contributed by atoms with Crippen LogP contribution in [-0.4, -0.2) is 36.3 Å². The molecule has 0 bridgehead atoms. The third-order valence-electron chi connectivity index (χ3n) is 4.14. The van der Waals surface area contributed by atoms with Gasteiger partial charge >= 0.3 is 6.09 Å². The van der Waals surface area contributed by atoms with Crippen molar-refractivity contribution in [1.82, 2.24) is 4.90 Å². The van der Waals surface area contributed by atoms with Crippen LogP contribution in [-0.2, 0) is 9.47 Å². The number of carbonyl (C=O) groups excluding carboxylic acids is 1. The SMILES string of the molecule is CC(C)(C)OC(=O)N1CCCC([C@@H](OCC#N)c2ccc(F)c(Cl)c2)C1. The molecule has 0 radical (unpaired) electrons. The molecule has 1 aromatic carbocycles. The second kappa shape index (κ2) is 8.70. The quantitative estimate of drug-likeness (QED) is 0.756. The van der Waals surface area contributed by atoms with Gasteiger partial charge in [-0.05, 0) is 51.3 Å². The number of carbonyl (C=O) groups is 1. The van der Waals surface area contributed by atoms with Crippen LogP contribution in [0.3, 0.4) is 0 Å². The lowest BCUT2D eigenvalue weighted by Gasteiger charge is -2.37. The first-order chi connectivity index (χ1) is 12.2. The zero-order valence-corrected chi connectivity index (χ0v) is 16.1. The highest BCUT2D eigenvalue weighted by molar-refractivity contribution is 6.30. The summed E-state index contributed by atoms with van der Waals surface area (Å²) in [6.07, 6.45) is 0.812. The summed E-state index contributed by atoms with van der Waals surface area (Å²) >= 11 is 5.90. The van der Waals surface area contributed by atoms with Crippen molar-refractivity contribution in [2.45, 2.75) is 45.3 Å². The van der Waals surface area contributed by atoms with Crippen molar-refractivity contribution in [3.05, 3.63) is 34.6 Å². The topological polar surface area (TPSA) is 62.6 Å². The Hall–Kier alpha value is -1.84. The molecule has 1 fully saturated rings. The van der Waals surface area contributed by atoms with Crippen LogP contribution in [0.25, 0.3) is 0 Å². The number of amides is 1. The molecule has 0 N–H and O–H groups in total. The van der Waals surface area contributed by atoms with E-state index in [4.69, 9.17) is 26.3 Å². The molecule has 1 amide bonds. The number of hydrogen-bond acceptors (Lipinski definition) is 4. The van der Waals surface area contributed by atoms with Gasteiger partial charge < -0.3 is 14.4 Å².